The van der Waals surface area contributed by atoms with E-state index in [9.17, 15) is 9.59 Å². The molecular formula is C28H28N2O5. The van der Waals surface area contributed by atoms with E-state index < -0.39 is 5.97 Å². The summed E-state index contributed by atoms with van der Waals surface area (Å²) >= 11 is 0. The third-order valence-corrected chi connectivity index (χ3v) is 5.85. The van der Waals surface area contributed by atoms with Crippen LogP contribution in [-0.4, -0.2) is 39.8 Å². The first-order chi connectivity index (χ1) is 17.0. The van der Waals surface area contributed by atoms with Crippen LogP contribution in [0, 0.1) is 6.92 Å². The highest BCUT2D eigenvalue weighted by molar-refractivity contribution is 6.07. The van der Waals surface area contributed by atoms with E-state index in [1.807, 2.05) is 49.4 Å². The highest BCUT2D eigenvalue weighted by Gasteiger charge is 2.24. The SMILES string of the molecule is CCOC(=O)c1c(C)n(Cc2ccccc2)c2cc(-c3cccnc3)c(OCCCC(=O)O)cc12. The molecule has 2 aromatic heterocycles. The van der Waals surface area contributed by atoms with Crippen molar-refractivity contribution in [2.45, 2.75) is 33.2 Å². The third-order valence-electron chi connectivity index (χ3n) is 5.85. The fraction of sp³-hybridized carbons (Fsp3) is 0.250. The summed E-state index contributed by atoms with van der Waals surface area (Å²) in [7, 11) is 0. The average Bonchev–Trinajstić information content (AvgIpc) is 3.12. The summed E-state index contributed by atoms with van der Waals surface area (Å²) < 4.78 is 13.6. The number of aliphatic carboxylic acids is 1. The summed E-state index contributed by atoms with van der Waals surface area (Å²) in [6.07, 6.45) is 3.86. The Hall–Kier alpha value is -4.13. The van der Waals surface area contributed by atoms with Gasteiger partial charge in [0.2, 0.25) is 0 Å². The predicted molar refractivity (Wildman–Crippen MR) is 134 cm³/mol. The number of carbonyl (C=O) groups is 2. The van der Waals surface area contributed by atoms with Gasteiger partial charge in [0.05, 0.1) is 24.3 Å². The molecule has 7 nitrogen and oxygen atoms in total. The molecule has 0 bridgehead atoms. The molecule has 0 aliphatic carbocycles. The molecule has 0 saturated heterocycles. The first-order valence-electron chi connectivity index (χ1n) is 11.6. The lowest BCUT2D eigenvalue weighted by Gasteiger charge is -2.14. The van der Waals surface area contributed by atoms with Crippen molar-refractivity contribution < 1.29 is 24.2 Å². The van der Waals surface area contributed by atoms with E-state index in [2.05, 4.69) is 21.7 Å². The summed E-state index contributed by atoms with van der Waals surface area (Å²) in [6.45, 7) is 4.81. The summed E-state index contributed by atoms with van der Waals surface area (Å²) in [5.41, 5.74) is 4.99. The minimum atomic E-state index is -0.866. The second-order valence-corrected chi connectivity index (χ2v) is 8.21. The number of benzene rings is 2. The number of carboxylic acids is 1. The Morgan fingerprint density at radius 3 is 2.57 bits per heavy atom. The van der Waals surface area contributed by atoms with Gasteiger partial charge < -0.3 is 19.1 Å². The second-order valence-electron chi connectivity index (χ2n) is 8.21. The van der Waals surface area contributed by atoms with Gasteiger partial charge in [0, 0.05) is 47.6 Å². The molecule has 1 N–H and O–H groups in total. The average molecular weight is 473 g/mol. The molecule has 4 rings (SSSR count). The molecule has 4 aromatic rings. The van der Waals surface area contributed by atoms with Crippen molar-refractivity contribution >= 4 is 22.8 Å². The number of pyridine rings is 1. The molecule has 0 aliphatic rings. The largest absolute Gasteiger partial charge is 0.493 e. The first-order valence-corrected chi connectivity index (χ1v) is 11.6. The highest BCUT2D eigenvalue weighted by atomic mass is 16.5. The summed E-state index contributed by atoms with van der Waals surface area (Å²) in [6, 6.07) is 17.7. The van der Waals surface area contributed by atoms with Gasteiger partial charge in [-0.15, -0.1) is 0 Å². The molecule has 0 unspecified atom stereocenters. The molecule has 2 heterocycles. The van der Waals surface area contributed by atoms with Gasteiger partial charge in [0.15, 0.2) is 0 Å². The maximum atomic E-state index is 13.0. The van der Waals surface area contributed by atoms with Crippen LogP contribution in [0.3, 0.4) is 0 Å². The number of ether oxygens (including phenoxy) is 2. The van der Waals surface area contributed by atoms with Crippen molar-refractivity contribution in [3.8, 4) is 16.9 Å². The van der Waals surface area contributed by atoms with Crippen molar-refractivity contribution in [1.29, 1.82) is 0 Å². The molecule has 0 aliphatic heterocycles. The molecule has 0 fully saturated rings. The number of fused-ring (bicyclic) bond motifs is 1. The van der Waals surface area contributed by atoms with Crippen LogP contribution >= 0.6 is 0 Å². The van der Waals surface area contributed by atoms with Gasteiger partial charge in [-0.25, -0.2) is 4.79 Å². The van der Waals surface area contributed by atoms with Gasteiger partial charge in [0.25, 0.3) is 0 Å². The maximum Gasteiger partial charge on any atom is 0.340 e. The highest BCUT2D eigenvalue weighted by Crippen LogP contribution is 2.38. The van der Waals surface area contributed by atoms with Crippen molar-refractivity contribution in [1.82, 2.24) is 9.55 Å². The van der Waals surface area contributed by atoms with Crippen LogP contribution in [0.25, 0.3) is 22.0 Å². The molecule has 2 aromatic carbocycles. The van der Waals surface area contributed by atoms with E-state index in [4.69, 9.17) is 14.6 Å². The second kappa shape index (κ2) is 10.9. The van der Waals surface area contributed by atoms with E-state index >= 15 is 0 Å². The normalized spacial score (nSPS) is 10.9. The Morgan fingerprint density at radius 2 is 1.89 bits per heavy atom. The number of nitrogens with zero attached hydrogens (tertiary/aromatic N) is 2. The Morgan fingerprint density at radius 1 is 1.09 bits per heavy atom. The van der Waals surface area contributed by atoms with Gasteiger partial charge in [0.1, 0.15) is 5.75 Å². The molecule has 7 heteroatoms. The van der Waals surface area contributed by atoms with Crippen molar-refractivity contribution in [2.24, 2.45) is 0 Å². The van der Waals surface area contributed by atoms with E-state index in [1.165, 1.54) is 0 Å². The fourth-order valence-corrected chi connectivity index (χ4v) is 4.21. The summed E-state index contributed by atoms with van der Waals surface area (Å²) in [5.74, 6) is -0.680. The number of carboxylic acid groups (broad SMARTS) is 1. The maximum absolute atomic E-state index is 13.0. The predicted octanol–water partition coefficient (Wildman–Crippen LogP) is 5.48. The summed E-state index contributed by atoms with van der Waals surface area (Å²) in [5, 5.41) is 9.70. The summed E-state index contributed by atoms with van der Waals surface area (Å²) in [4.78, 5) is 28.2. The smallest absolute Gasteiger partial charge is 0.340 e. The van der Waals surface area contributed by atoms with Crippen molar-refractivity contribution in [2.75, 3.05) is 13.2 Å². The number of carbonyl (C=O) groups excluding carboxylic acids is 1. The quantitative estimate of drug-likeness (QED) is 0.243. The zero-order valence-electron chi connectivity index (χ0n) is 19.9. The Kier molecular flexibility index (Phi) is 7.45. The zero-order valence-corrected chi connectivity index (χ0v) is 19.9. The first kappa shape index (κ1) is 24.0. The number of esters is 1. The van der Waals surface area contributed by atoms with Gasteiger partial charge in [-0.2, -0.15) is 0 Å². The van der Waals surface area contributed by atoms with E-state index in [0.29, 0.717) is 24.3 Å². The lowest BCUT2D eigenvalue weighted by atomic mass is 10.0. The molecule has 0 radical (unpaired) electrons. The lowest BCUT2D eigenvalue weighted by Crippen LogP contribution is -2.08. The molecule has 35 heavy (non-hydrogen) atoms. The Balaban J connectivity index is 1.89. The van der Waals surface area contributed by atoms with Gasteiger partial charge in [-0.05, 0) is 44.0 Å². The number of aromatic nitrogens is 2. The molecular weight excluding hydrogens is 444 g/mol. The van der Waals surface area contributed by atoms with E-state index in [0.717, 1.165) is 33.3 Å². The molecule has 180 valence electrons. The topological polar surface area (TPSA) is 90.7 Å². The third kappa shape index (κ3) is 5.35. The van der Waals surface area contributed by atoms with Crippen LogP contribution in [0.4, 0.5) is 0 Å². The van der Waals surface area contributed by atoms with Crippen LogP contribution in [-0.2, 0) is 16.1 Å². The van der Waals surface area contributed by atoms with Crippen LogP contribution in [0.5, 0.6) is 5.75 Å². The van der Waals surface area contributed by atoms with Gasteiger partial charge in [-0.1, -0.05) is 36.4 Å². The van der Waals surface area contributed by atoms with Gasteiger partial charge in [-0.3, -0.25) is 9.78 Å². The molecule has 0 amide bonds. The van der Waals surface area contributed by atoms with Gasteiger partial charge >= 0.3 is 11.9 Å². The number of hydrogen-bond donors (Lipinski definition) is 1. The molecule has 0 spiro atoms. The van der Waals surface area contributed by atoms with Crippen LogP contribution < -0.4 is 4.74 Å². The van der Waals surface area contributed by atoms with Crippen LogP contribution in [0.1, 0.15) is 41.4 Å². The zero-order chi connectivity index (χ0) is 24.8. The van der Waals surface area contributed by atoms with Crippen molar-refractivity contribution in [3.05, 3.63) is 83.8 Å². The Bertz CT molecular complexity index is 1330. The van der Waals surface area contributed by atoms with E-state index in [-0.39, 0.29) is 25.6 Å². The number of rotatable bonds is 10. The minimum Gasteiger partial charge on any atom is -0.493 e. The van der Waals surface area contributed by atoms with Crippen molar-refractivity contribution in [3.63, 3.8) is 0 Å². The fourth-order valence-electron chi connectivity index (χ4n) is 4.21. The number of hydrogen-bond acceptors (Lipinski definition) is 5. The molecule has 0 atom stereocenters. The standard InChI is InChI=1S/C28H28N2O5/c1-3-34-28(33)27-19(2)30(18-20-9-5-4-6-10-20)24-15-22(21-11-7-13-29-17-21)25(16-23(24)27)35-14-8-12-26(31)32/h4-7,9-11,13,15-17H,3,8,12,14,18H2,1-2H3,(H,31,32). The minimum absolute atomic E-state index is 0.0190. The van der Waals surface area contributed by atoms with Crippen LogP contribution in [0.2, 0.25) is 0 Å². The monoisotopic (exact) mass is 472 g/mol. The van der Waals surface area contributed by atoms with Crippen LogP contribution in [0.15, 0.2) is 67.0 Å². The Labute approximate surface area is 203 Å². The molecule has 0 saturated carbocycles. The van der Waals surface area contributed by atoms with E-state index in [1.54, 1.807) is 19.3 Å². The lowest BCUT2D eigenvalue weighted by molar-refractivity contribution is -0.137.